The summed E-state index contributed by atoms with van der Waals surface area (Å²) >= 11 is 1.44. The fourth-order valence-corrected chi connectivity index (χ4v) is 3.09. The summed E-state index contributed by atoms with van der Waals surface area (Å²) in [4.78, 5) is 12.3. The van der Waals surface area contributed by atoms with Crippen molar-refractivity contribution >= 4 is 23.4 Å². The molecule has 4 nitrogen and oxygen atoms in total. The highest BCUT2D eigenvalue weighted by atomic mass is 32.2. The first-order valence-corrected chi connectivity index (χ1v) is 9.04. The van der Waals surface area contributed by atoms with Crippen LogP contribution in [0.5, 0.6) is 11.5 Å². The number of ether oxygens (including phenoxy) is 2. The Morgan fingerprint density at radius 3 is 2.62 bits per heavy atom. The SMILES string of the molecule is COc1cc(CSC(C)C(=O)Nc2cccc(C)c2)ccc1OC(F)F. The van der Waals surface area contributed by atoms with Crippen LogP contribution >= 0.6 is 11.8 Å². The van der Waals surface area contributed by atoms with Gasteiger partial charge in [-0.15, -0.1) is 11.8 Å². The Morgan fingerprint density at radius 1 is 1.19 bits per heavy atom. The third-order valence-electron chi connectivity index (χ3n) is 3.60. The Labute approximate surface area is 155 Å². The van der Waals surface area contributed by atoms with Crippen LogP contribution in [0.1, 0.15) is 18.1 Å². The highest BCUT2D eigenvalue weighted by Crippen LogP contribution is 2.31. The average Bonchev–Trinajstić information content (AvgIpc) is 2.60. The van der Waals surface area contributed by atoms with Crippen LogP contribution < -0.4 is 14.8 Å². The van der Waals surface area contributed by atoms with Crippen LogP contribution in [0, 0.1) is 6.92 Å². The summed E-state index contributed by atoms with van der Waals surface area (Å²) in [7, 11) is 1.39. The average molecular weight is 381 g/mol. The third-order valence-corrected chi connectivity index (χ3v) is 4.81. The molecule has 0 spiro atoms. The molecule has 0 aliphatic heterocycles. The van der Waals surface area contributed by atoms with Crippen molar-refractivity contribution in [2.45, 2.75) is 31.5 Å². The molecule has 0 saturated carbocycles. The number of aryl methyl sites for hydroxylation is 1. The van der Waals surface area contributed by atoms with E-state index < -0.39 is 6.61 Å². The van der Waals surface area contributed by atoms with Crippen LogP contribution in [-0.2, 0) is 10.5 Å². The van der Waals surface area contributed by atoms with E-state index in [2.05, 4.69) is 10.1 Å². The Bertz CT molecular complexity index is 755. The van der Waals surface area contributed by atoms with Crippen molar-refractivity contribution in [2.24, 2.45) is 0 Å². The first-order chi connectivity index (χ1) is 12.4. The predicted molar refractivity (Wildman–Crippen MR) is 100 cm³/mol. The summed E-state index contributed by atoms with van der Waals surface area (Å²) in [6.45, 7) is 0.874. The number of carbonyl (C=O) groups is 1. The van der Waals surface area contributed by atoms with E-state index >= 15 is 0 Å². The van der Waals surface area contributed by atoms with E-state index in [1.807, 2.05) is 38.1 Å². The zero-order valence-electron chi connectivity index (χ0n) is 14.8. The normalized spacial score (nSPS) is 11.9. The maximum atomic E-state index is 12.4. The van der Waals surface area contributed by atoms with Crippen LogP contribution in [-0.4, -0.2) is 24.9 Å². The lowest BCUT2D eigenvalue weighted by Gasteiger charge is -2.14. The third kappa shape index (κ3) is 5.91. The van der Waals surface area contributed by atoms with E-state index in [9.17, 15) is 13.6 Å². The second-order valence-electron chi connectivity index (χ2n) is 5.68. The van der Waals surface area contributed by atoms with Gasteiger partial charge in [0.25, 0.3) is 0 Å². The minimum atomic E-state index is -2.91. The summed E-state index contributed by atoms with van der Waals surface area (Å²) in [6, 6.07) is 12.4. The molecule has 0 radical (unpaired) electrons. The zero-order chi connectivity index (χ0) is 19.1. The van der Waals surface area contributed by atoms with Crippen molar-refractivity contribution in [1.82, 2.24) is 0 Å². The van der Waals surface area contributed by atoms with Gasteiger partial charge in [0.2, 0.25) is 5.91 Å². The number of thioether (sulfide) groups is 1. The lowest BCUT2D eigenvalue weighted by atomic mass is 10.2. The van der Waals surface area contributed by atoms with Crippen molar-refractivity contribution in [2.75, 3.05) is 12.4 Å². The second kappa shape index (κ2) is 9.43. The summed E-state index contributed by atoms with van der Waals surface area (Å²) in [5, 5.41) is 2.61. The first kappa shape index (κ1) is 20.0. The van der Waals surface area contributed by atoms with Gasteiger partial charge in [-0.25, -0.2) is 0 Å². The maximum Gasteiger partial charge on any atom is 0.387 e. The van der Waals surface area contributed by atoms with Gasteiger partial charge in [-0.2, -0.15) is 8.78 Å². The van der Waals surface area contributed by atoms with Gasteiger partial charge in [-0.1, -0.05) is 18.2 Å². The van der Waals surface area contributed by atoms with Crippen molar-refractivity contribution < 1.29 is 23.0 Å². The molecule has 2 aromatic carbocycles. The number of carbonyl (C=O) groups excluding carboxylic acids is 1. The number of hydrogen-bond acceptors (Lipinski definition) is 4. The predicted octanol–water partition coefficient (Wildman–Crippen LogP) is 4.87. The Balaban J connectivity index is 1.93. The highest BCUT2D eigenvalue weighted by molar-refractivity contribution is 7.99. The Hall–Kier alpha value is -2.28. The number of hydrogen-bond donors (Lipinski definition) is 1. The minimum absolute atomic E-state index is 0.0125. The van der Waals surface area contributed by atoms with E-state index in [0.717, 1.165) is 16.8 Å². The number of alkyl halides is 2. The van der Waals surface area contributed by atoms with Gasteiger partial charge in [0.05, 0.1) is 12.4 Å². The van der Waals surface area contributed by atoms with Crippen LogP contribution in [0.3, 0.4) is 0 Å². The number of methoxy groups -OCH3 is 1. The molecule has 0 heterocycles. The van der Waals surface area contributed by atoms with Gasteiger partial charge < -0.3 is 14.8 Å². The summed E-state index contributed by atoms with van der Waals surface area (Å²) < 4.78 is 34.2. The molecule has 1 N–H and O–H groups in total. The molecule has 1 atom stereocenters. The number of rotatable bonds is 8. The van der Waals surface area contributed by atoms with Crippen LogP contribution in [0.25, 0.3) is 0 Å². The minimum Gasteiger partial charge on any atom is -0.493 e. The largest absolute Gasteiger partial charge is 0.493 e. The molecule has 26 heavy (non-hydrogen) atoms. The molecule has 2 rings (SSSR count). The molecule has 0 aliphatic carbocycles. The number of benzene rings is 2. The molecular formula is C19H21F2NO3S. The van der Waals surface area contributed by atoms with Crippen molar-refractivity contribution in [1.29, 1.82) is 0 Å². The fourth-order valence-electron chi connectivity index (χ4n) is 2.26. The molecule has 0 aromatic heterocycles. The van der Waals surface area contributed by atoms with Gasteiger partial charge in [0.15, 0.2) is 11.5 Å². The molecule has 1 unspecified atom stereocenters. The molecule has 2 aromatic rings. The number of nitrogens with one attached hydrogen (secondary N) is 1. The zero-order valence-corrected chi connectivity index (χ0v) is 15.6. The lowest BCUT2D eigenvalue weighted by Crippen LogP contribution is -2.22. The van der Waals surface area contributed by atoms with Crippen LogP contribution in [0.2, 0.25) is 0 Å². The number of halogens is 2. The smallest absolute Gasteiger partial charge is 0.387 e. The maximum absolute atomic E-state index is 12.4. The molecule has 0 bridgehead atoms. The monoisotopic (exact) mass is 381 g/mol. The molecule has 0 saturated heterocycles. The summed E-state index contributed by atoms with van der Waals surface area (Å²) in [6.07, 6.45) is 0. The molecule has 7 heteroatoms. The van der Waals surface area contributed by atoms with E-state index in [0.29, 0.717) is 5.75 Å². The quantitative estimate of drug-likeness (QED) is 0.709. The first-order valence-electron chi connectivity index (χ1n) is 8.00. The molecular weight excluding hydrogens is 360 g/mol. The summed E-state index contributed by atoms with van der Waals surface area (Å²) in [5.41, 5.74) is 2.68. The standard InChI is InChI=1S/C19H21F2NO3S/c1-12-5-4-6-15(9-12)22-18(23)13(2)26-11-14-7-8-16(25-19(20)21)17(10-14)24-3/h4-10,13,19H,11H2,1-3H3,(H,22,23). The van der Waals surface area contributed by atoms with Gasteiger partial charge in [0, 0.05) is 11.4 Å². The Morgan fingerprint density at radius 2 is 1.96 bits per heavy atom. The van der Waals surface area contributed by atoms with E-state index in [-0.39, 0.29) is 22.7 Å². The van der Waals surface area contributed by atoms with Gasteiger partial charge >= 0.3 is 6.61 Å². The fraction of sp³-hybridized carbons (Fsp3) is 0.316. The Kier molecular flexibility index (Phi) is 7.26. The second-order valence-corrected chi connectivity index (χ2v) is 7.00. The van der Waals surface area contributed by atoms with Crippen LogP contribution in [0.15, 0.2) is 42.5 Å². The number of anilines is 1. The van der Waals surface area contributed by atoms with E-state index in [4.69, 9.17) is 4.74 Å². The lowest BCUT2D eigenvalue weighted by molar-refractivity contribution is -0.115. The van der Waals surface area contributed by atoms with Gasteiger partial charge in [-0.05, 0) is 49.2 Å². The van der Waals surface area contributed by atoms with Gasteiger partial charge in [0.1, 0.15) is 0 Å². The topological polar surface area (TPSA) is 47.6 Å². The molecule has 140 valence electrons. The summed E-state index contributed by atoms with van der Waals surface area (Å²) in [5.74, 6) is 0.667. The molecule has 0 aliphatic rings. The van der Waals surface area contributed by atoms with E-state index in [1.54, 1.807) is 12.1 Å². The van der Waals surface area contributed by atoms with E-state index in [1.165, 1.54) is 24.9 Å². The molecule has 1 amide bonds. The number of amides is 1. The van der Waals surface area contributed by atoms with Crippen molar-refractivity contribution in [3.8, 4) is 11.5 Å². The van der Waals surface area contributed by atoms with Crippen LogP contribution in [0.4, 0.5) is 14.5 Å². The molecule has 0 fully saturated rings. The van der Waals surface area contributed by atoms with Crippen molar-refractivity contribution in [3.63, 3.8) is 0 Å². The highest BCUT2D eigenvalue weighted by Gasteiger charge is 2.15. The van der Waals surface area contributed by atoms with Gasteiger partial charge in [-0.3, -0.25) is 4.79 Å². The van der Waals surface area contributed by atoms with Crippen molar-refractivity contribution in [3.05, 3.63) is 53.6 Å².